The van der Waals surface area contributed by atoms with Gasteiger partial charge in [0, 0.05) is 41.7 Å². The predicted molar refractivity (Wildman–Crippen MR) is 152 cm³/mol. The summed E-state index contributed by atoms with van der Waals surface area (Å²) in [5.41, 5.74) is 3.98. The van der Waals surface area contributed by atoms with Gasteiger partial charge in [-0.1, -0.05) is 48.0 Å². The van der Waals surface area contributed by atoms with E-state index >= 15 is 0 Å². The van der Waals surface area contributed by atoms with E-state index in [0.29, 0.717) is 33.2 Å². The number of fused-ring (bicyclic) bond motifs is 1. The number of benzene rings is 3. The second-order valence-corrected chi connectivity index (χ2v) is 9.86. The van der Waals surface area contributed by atoms with Gasteiger partial charge < -0.3 is 19.9 Å². The molecule has 1 aromatic heterocycles. The molecule has 0 spiro atoms. The lowest BCUT2D eigenvalue weighted by molar-refractivity contribution is -0.132. The Hall–Kier alpha value is -4.10. The number of carbonyl (C=O) groups is 2. The van der Waals surface area contributed by atoms with Crippen molar-refractivity contribution in [1.29, 1.82) is 0 Å². The van der Waals surface area contributed by atoms with Crippen LogP contribution in [0.2, 0.25) is 5.02 Å². The van der Waals surface area contributed by atoms with Gasteiger partial charge in [0.05, 0.1) is 22.5 Å². The van der Waals surface area contributed by atoms with Crippen molar-refractivity contribution in [3.05, 3.63) is 88.9 Å². The summed E-state index contributed by atoms with van der Waals surface area (Å²) in [6, 6.07) is 22.2. The summed E-state index contributed by atoms with van der Waals surface area (Å²) in [5.74, 6) is -0.234. The molecule has 2 amide bonds. The third kappa shape index (κ3) is 5.43. The highest BCUT2D eigenvalue weighted by atomic mass is 35.5. The first-order valence-electron chi connectivity index (χ1n) is 12.7. The Bertz CT molecular complexity index is 1490. The van der Waals surface area contributed by atoms with E-state index in [1.807, 2.05) is 53.4 Å². The Morgan fingerprint density at radius 3 is 2.39 bits per heavy atom. The van der Waals surface area contributed by atoms with Crippen molar-refractivity contribution >= 4 is 51.4 Å². The number of hydrogen-bond acceptors (Lipinski definition) is 4. The third-order valence-electron chi connectivity index (χ3n) is 6.81. The summed E-state index contributed by atoms with van der Waals surface area (Å²) in [6.07, 6.45) is 3.14. The largest absolute Gasteiger partial charge is 0.494 e. The molecule has 1 aliphatic rings. The average Bonchev–Trinajstić information content (AvgIpc) is 3.25. The standard InChI is InChI=1S/C30H29ClN4O3/c1-20(36)35(19-27(37)34-16-6-3-7-17-34)24-13-11-23(12-14-24)32-29(21-8-4-2-5-9-21)28-25-15-10-22(31)18-26(25)33-30(28)38/h2,4-5,8-15,18,33,38H,3,6-7,16-17,19H2,1H3. The first-order chi connectivity index (χ1) is 18.4. The number of carbonyl (C=O) groups excluding carboxylic acids is 2. The highest BCUT2D eigenvalue weighted by molar-refractivity contribution is 6.31. The predicted octanol–water partition coefficient (Wildman–Crippen LogP) is 6.06. The maximum absolute atomic E-state index is 12.8. The molecule has 3 aromatic carbocycles. The van der Waals surface area contributed by atoms with Crippen LogP contribution in [-0.4, -0.2) is 52.2 Å². The quantitative estimate of drug-likeness (QED) is 0.298. The molecule has 0 bridgehead atoms. The SMILES string of the molecule is CC(=O)N(CC(=O)N1CCCCC1)c1ccc(N=C(c2ccccc2)c2c(O)[nH]c3cc(Cl)ccc23)cc1. The van der Waals surface area contributed by atoms with Crippen LogP contribution in [0.25, 0.3) is 10.9 Å². The molecule has 2 heterocycles. The number of aliphatic imine (C=N–C) groups is 1. The van der Waals surface area contributed by atoms with Gasteiger partial charge in [-0.05, 0) is 55.7 Å². The number of aromatic hydroxyl groups is 1. The number of H-pyrrole nitrogens is 1. The molecule has 1 aliphatic heterocycles. The van der Waals surface area contributed by atoms with E-state index in [-0.39, 0.29) is 24.2 Å². The highest BCUT2D eigenvalue weighted by Gasteiger charge is 2.22. The zero-order valence-corrected chi connectivity index (χ0v) is 21.9. The minimum absolute atomic E-state index is 0.000435. The van der Waals surface area contributed by atoms with Gasteiger partial charge in [-0.2, -0.15) is 0 Å². The fraction of sp³-hybridized carbons (Fsp3) is 0.233. The Morgan fingerprint density at radius 2 is 1.71 bits per heavy atom. The molecule has 194 valence electrons. The molecule has 0 atom stereocenters. The summed E-state index contributed by atoms with van der Waals surface area (Å²) in [6.45, 7) is 2.97. The number of halogens is 1. The van der Waals surface area contributed by atoms with Crippen LogP contribution in [0.15, 0.2) is 77.8 Å². The maximum Gasteiger partial charge on any atom is 0.242 e. The number of nitrogens with zero attached hydrogens (tertiary/aromatic N) is 3. The first-order valence-corrected chi connectivity index (χ1v) is 13.1. The van der Waals surface area contributed by atoms with Crippen LogP contribution in [0.1, 0.15) is 37.3 Å². The van der Waals surface area contributed by atoms with E-state index in [1.165, 1.54) is 11.8 Å². The number of aromatic amines is 1. The van der Waals surface area contributed by atoms with Crippen LogP contribution < -0.4 is 4.90 Å². The average molecular weight is 529 g/mol. The number of hydrogen-bond donors (Lipinski definition) is 2. The molecule has 1 fully saturated rings. The van der Waals surface area contributed by atoms with Crippen LogP contribution in [-0.2, 0) is 9.59 Å². The van der Waals surface area contributed by atoms with Gasteiger partial charge in [-0.25, -0.2) is 4.99 Å². The molecule has 7 nitrogen and oxygen atoms in total. The summed E-state index contributed by atoms with van der Waals surface area (Å²) in [4.78, 5) is 36.5. The van der Waals surface area contributed by atoms with Crippen molar-refractivity contribution in [2.24, 2.45) is 4.99 Å². The van der Waals surface area contributed by atoms with E-state index in [2.05, 4.69) is 4.98 Å². The van der Waals surface area contributed by atoms with E-state index in [1.54, 1.807) is 24.3 Å². The molecule has 0 unspecified atom stereocenters. The van der Waals surface area contributed by atoms with E-state index in [9.17, 15) is 14.7 Å². The molecule has 38 heavy (non-hydrogen) atoms. The summed E-state index contributed by atoms with van der Waals surface area (Å²) in [5, 5.41) is 12.2. The van der Waals surface area contributed by atoms with Crippen LogP contribution in [0.3, 0.4) is 0 Å². The lowest BCUT2D eigenvalue weighted by atomic mass is 10.0. The van der Waals surface area contributed by atoms with Crippen LogP contribution in [0.4, 0.5) is 11.4 Å². The Labute approximate surface area is 226 Å². The normalized spacial score (nSPS) is 14.1. The van der Waals surface area contributed by atoms with Crippen molar-refractivity contribution in [1.82, 2.24) is 9.88 Å². The van der Waals surface area contributed by atoms with Crippen LogP contribution in [0, 0.1) is 0 Å². The van der Waals surface area contributed by atoms with Crippen LogP contribution >= 0.6 is 11.6 Å². The molecule has 4 aromatic rings. The van der Waals surface area contributed by atoms with E-state index < -0.39 is 0 Å². The van der Waals surface area contributed by atoms with Crippen molar-refractivity contribution in [3.63, 3.8) is 0 Å². The Kier molecular flexibility index (Phi) is 7.47. The number of rotatable bonds is 6. The number of amides is 2. The van der Waals surface area contributed by atoms with Crippen molar-refractivity contribution in [2.75, 3.05) is 24.5 Å². The van der Waals surface area contributed by atoms with Gasteiger partial charge in [0.2, 0.25) is 11.8 Å². The number of likely N-dealkylation sites (tertiary alicyclic amines) is 1. The topological polar surface area (TPSA) is 89.0 Å². The fourth-order valence-electron chi connectivity index (χ4n) is 4.86. The Balaban J connectivity index is 1.49. The third-order valence-corrected chi connectivity index (χ3v) is 7.04. The van der Waals surface area contributed by atoms with E-state index in [4.69, 9.17) is 16.6 Å². The number of piperidine rings is 1. The zero-order chi connectivity index (χ0) is 26.6. The van der Waals surface area contributed by atoms with Gasteiger partial charge >= 0.3 is 0 Å². The second-order valence-electron chi connectivity index (χ2n) is 9.43. The molecule has 0 aliphatic carbocycles. The maximum atomic E-state index is 12.8. The molecule has 2 N–H and O–H groups in total. The lowest BCUT2D eigenvalue weighted by Gasteiger charge is -2.29. The van der Waals surface area contributed by atoms with E-state index in [0.717, 1.165) is 43.3 Å². The van der Waals surface area contributed by atoms with Gasteiger partial charge in [-0.3, -0.25) is 9.59 Å². The smallest absolute Gasteiger partial charge is 0.242 e. The number of anilines is 1. The number of nitrogens with one attached hydrogen (secondary N) is 1. The Morgan fingerprint density at radius 1 is 1.00 bits per heavy atom. The molecule has 1 saturated heterocycles. The van der Waals surface area contributed by atoms with Gasteiger partial charge in [0.1, 0.15) is 6.54 Å². The first kappa shape index (κ1) is 25.5. The van der Waals surface area contributed by atoms with Gasteiger partial charge in [0.15, 0.2) is 5.88 Å². The molecule has 0 saturated carbocycles. The second kappa shape index (κ2) is 11.1. The molecule has 8 heteroatoms. The lowest BCUT2D eigenvalue weighted by Crippen LogP contribution is -2.44. The van der Waals surface area contributed by atoms with Crippen LogP contribution in [0.5, 0.6) is 5.88 Å². The monoisotopic (exact) mass is 528 g/mol. The van der Waals surface area contributed by atoms with Crippen molar-refractivity contribution < 1.29 is 14.7 Å². The van der Waals surface area contributed by atoms with Crippen molar-refractivity contribution in [2.45, 2.75) is 26.2 Å². The molecular weight excluding hydrogens is 500 g/mol. The minimum Gasteiger partial charge on any atom is -0.494 e. The highest BCUT2D eigenvalue weighted by Crippen LogP contribution is 2.33. The molecule has 5 rings (SSSR count). The van der Waals surface area contributed by atoms with Gasteiger partial charge in [-0.15, -0.1) is 0 Å². The zero-order valence-electron chi connectivity index (χ0n) is 21.2. The molecular formula is C30H29ClN4O3. The summed E-state index contributed by atoms with van der Waals surface area (Å²) >= 11 is 6.16. The number of aromatic nitrogens is 1. The summed E-state index contributed by atoms with van der Waals surface area (Å²) in [7, 11) is 0. The minimum atomic E-state index is -0.195. The van der Waals surface area contributed by atoms with Crippen molar-refractivity contribution in [3.8, 4) is 5.88 Å². The van der Waals surface area contributed by atoms with Gasteiger partial charge in [0.25, 0.3) is 0 Å². The molecule has 0 radical (unpaired) electrons. The fourth-order valence-corrected chi connectivity index (χ4v) is 5.03. The summed E-state index contributed by atoms with van der Waals surface area (Å²) < 4.78 is 0.